The van der Waals surface area contributed by atoms with Gasteiger partial charge in [-0.05, 0) is 24.6 Å². The summed E-state index contributed by atoms with van der Waals surface area (Å²) in [6.07, 6.45) is -2.72. The van der Waals surface area contributed by atoms with E-state index in [4.69, 9.17) is 22.4 Å². The average molecular weight is 222 g/mol. The molecule has 0 aliphatic carbocycles. The third-order valence-corrected chi connectivity index (χ3v) is 2.30. The summed E-state index contributed by atoms with van der Waals surface area (Å²) < 4.78 is 25.1. The van der Waals surface area contributed by atoms with Crippen molar-refractivity contribution in [1.82, 2.24) is 0 Å². The minimum absolute atomic E-state index is 0.0373. The zero-order valence-electron chi connectivity index (χ0n) is 7.47. The predicted molar refractivity (Wildman–Crippen MR) is 50.7 cm³/mol. The fourth-order valence-corrected chi connectivity index (χ4v) is 1.44. The van der Waals surface area contributed by atoms with E-state index in [2.05, 4.69) is 0 Å². The van der Waals surface area contributed by atoms with Crippen molar-refractivity contribution in [2.24, 2.45) is 5.73 Å². The molecule has 1 unspecified atom stereocenters. The monoisotopic (exact) mass is 221 g/mol. The summed E-state index contributed by atoms with van der Waals surface area (Å²) in [6.45, 7) is 1.19. The minimum Gasteiger partial charge on any atom is -0.508 e. The van der Waals surface area contributed by atoms with Crippen molar-refractivity contribution in [2.45, 2.75) is 18.9 Å². The summed E-state index contributed by atoms with van der Waals surface area (Å²) in [4.78, 5) is 0. The Morgan fingerprint density at radius 3 is 2.50 bits per heavy atom. The second-order valence-electron chi connectivity index (χ2n) is 3.25. The number of hydrogen-bond acceptors (Lipinski definition) is 2. The number of phenolic OH excluding ortho intramolecular Hbond substituents is 1. The Kier molecular flexibility index (Phi) is 2.97. The Labute approximate surface area is 85.3 Å². The van der Waals surface area contributed by atoms with E-state index in [1.165, 1.54) is 25.1 Å². The summed E-state index contributed by atoms with van der Waals surface area (Å²) in [5.74, 6) is -0.0798. The molecule has 2 nitrogen and oxygen atoms in total. The molecule has 0 amide bonds. The van der Waals surface area contributed by atoms with Crippen LogP contribution in [-0.4, -0.2) is 11.5 Å². The summed E-state index contributed by atoms with van der Waals surface area (Å²) in [5.41, 5.74) is 3.73. The molecule has 1 aromatic carbocycles. The molecular weight excluding hydrogens is 212 g/mol. The van der Waals surface area contributed by atoms with E-state index in [1.54, 1.807) is 0 Å². The van der Waals surface area contributed by atoms with E-state index >= 15 is 0 Å². The molecular formula is C9H10ClF2NO. The van der Waals surface area contributed by atoms with Gasteiger partial charge in [-0.1, -0.05) is 17.7 Å². The van der Waals surface area contributed by atoms with Gasteiger partial charge in [-0.3, -0.25) is 0 Å². The molecule has 5 heteroatoms. The Bertz CT molecular complexity index is 342. The van der Waals surface area contributed by atoms with E-state index in [0.29, 0.717) is 0 Å². The fraction of sp³-hybridized carbons (Fsp3) is 0.333. The van der Waals surface area contributed by atoms with Crippen LogP contribution in [0.5, 0.6) is 5.75 Å². The van der Waals surface area contributed by atoms with Gasteiger partial charge in [-0.15, -0.1) is 0 Å². The number of hydrogen-bond donors (Lipinski definition) is 2. The van der Waals surface area contributed by atoms with Gasteiger partial charge in [0.05, 0.1) is 0 Å². The predicted octanol–water partition coefficient (Wildman–Crippen LogP) is 2.48. The van der Waals surface area contributed by atoms with E-state index in [-0.39, 0.29) is 16.3 Å². The lowest BCUT2D eigenvalue weighted by atomic mass is 9.93. The molecule has 14 heavy (non-hydrogen) atoms. The second kappa shape index (κ2) is 3.71. The number of rotatable bonds is 2. The van der Waals surface area contributed by atoms with E-state index in [1.807, 2.05) is 0 Å². The van der Waals surface area contributed by atoms with Crippen LogP contribution in [0.4, 0.5) is 8.78 Å². The molecule has 0 heterocycles. The highest BCUT2D eigenvalue weighted by Gasteiger charge is 2.34. The van der Waals surface area contributed by atoms with Crippen LogP contribution < -0.4 is 5.73 Å². The standard InChI is InChI=1S/C9H10ClF2NO/c1-9(13,8(11)12)6-3-2-5(14)4-7(6)10/h2-4,8,14H,13H2,1H3. The maximum absolute atomic E-state index is 12.5. The first-order valence-corrected chi connectivity index (χ1v) is 4.29. The molecule has 0 saturated carbocycles. The maximum atomic E-state index is 12.5. The molecule has 0 bridgehead atoms. The third kappa shape index (κ3) is 1.96. The SMILES string of the molecule is CC(N)(c1ccc(O)cc1Cl)C(F)F. The van der Waals surface area contributed by atoms with Gasteiger partial charge in [-0.25, -0.2) is 8.78 Å². The van der Waals surface area contributed by atoms with Crippen molar-refractivity contribution in [1.29, 1.82) is 0 Å². The van der Waals surface area contributed by atoms with Gasteiger partial charge in [0.1, 0.15) is 11.3 Å². The normalized spacial score (nSPS) is 15.6. The van der Waals surface area contributed by atoms with Gasteiger partial charge in [0, 0.05) is 5.02 Å². The third-order valence-electron chi connectivity index (χ3n) is 1.99. The Hall–Kier alpha value is -0.870. The Balaban J connectivity index is 3.19. The molecule has 0 fully saturated rings. The quantitative estimate of drug-likeness (QED) is 0.806. The molecule has 78 valence electrons. The van der Waals surface area contributed by atoms with Crippen LogP contribution in [0, 0.1) is 0 Å². The van der Waals surface area contributed by atoms with Crippen LogP contribution in [0.1, 0.15) is 12.5 Å². The number of alkyl halides is 2. The van der Waals surface area contributed by atoms with Crippen LogP contribution in [0.2, 0.25) is 5.02 Å². The lowest BCUT2D eigenvalue weighted by Gasteiger charge is -2.25. The highest BCUT2D eigenvalue weighted by molar-refractivity contribution is 6.31. The molecule has 0 aromatic heterocycles. The molecule has 1 aromatic rings. The van der Waals surface area contributed by atoms with Crippen LogP contribution in [-0.2, 0) is 5.54 Å². The largest absolute Gasteiger partial charge is 0.508 e. The van der Waals surface area contributed by atoms with Gasteiger partial charge < -0.3 is 10.8 Å². The number of nitrogens with two attached hydrogens (primary N) is 1. The van der Waals surface area contributed by atoms with E-state index < -0.39 is 12.0 Å². The summed E-state index contributed by atoms with van der Waals surface area (Å²) in [7, 11) is 0. The molecule has 1 atom stereocenters. The average Bonchev–Trinajstić information content (AvgIpc) is 2.02. The second-order valence-corrected chi connectivity index (χ2v) is 3.65. The molecule has 1 rings (SSSR count). The first-order chi connectivity index (χ1) is 6.35. The maximum Gasteiger partial charge on any atom is 0.260 e. The zero-order valence-corrected chi connectivity index (χ0v) is 8.22. The van der Waals surface area contributed by atoms with Crippen LogP contribution in [0.3, 0.4) is 0 Å². The number of aromatic hydroxyl groups is 1. The Morgan fingerprint density at radius 2 is 2.07 bits per heavy atom. The first kappa shape index (κ1) is 11.2. The van der Waals surface area contributed by atoms with Gasteiger partial charge in [-0.2, -0.15) is 0 Å². The van der Waals surface area contributed by atoms with Crippen molar-refractivity contribution in [2.75, 3.05) is 0 Å². The lowest BCUT2D eigenvalue weighted by Crippen LogP contribution is -2.40. The van der Waals surface area contributed by atoms with Crippen LogP contribution in [0.15, 0.2) is 18.2 Å². The number of halogens is 3. The van der Waals surface area contributed by atoms with Crippen molar-refractivity contribution in [3.8, 4) is 5.75 Å². The highest BCUT2D eigenvalue weighted by Crippen LogP contribution is 2.32. The smallest absolute Gasteiger partial charge is 0.260 e. The molecule has 3 N–H and O–H groups in total. The van der Waals surface area contributed by atoms with Crippen LogP contribution >= 0.6 is 11.6 Å². The van der Waals surface area contributed by atoms with Gasteiger partial charge >= 0.3 is 0 Å². The lowest BCUT2D eigenvalue weighted by molar-refractivity contribution is 0.0625. The van der Waals surface area contributed by atoms with Crippen molar-refractivity contribution >= 4 is 11.6 Å². The summed E-state index contributed by atoms with van der Waals surface area (Å²) in [5, 5.41) is 9.07. The zero-order chi connectivity index (χ0) is 10.9. The van der Waals surface area contributed by atoms with E-state index in [0.717, 1.165) is 0 Å². The van der Waals surface area contributed by atoms with Crippen molar-refractivity contribution < 1.29 is 13.9 Å². The van der Waals surface area contributed by atoms with Crippen LogP contribution in [0.25, 0.3) is 0 Å². The van der Waals surface area contributed by atoms with Gasteiger partial charge in [0.15, 0.2) is 0 Å². The molecule has 0 spiro atoms. The fourth-order valence-electron chi connectivity index (χ4n) is 1.06. The number of benzene rings is 1. The summed E-state index contributed by atoms with van der Waals surface area (Å²) >= 11 is 5.68. The molecule has 0 aliphatic heterocycles. The summed E-state index contributed by atoms with van der Waals surface area (Å²) in [6, 6.07) is 3.75. The van der Waals surface area contributed by atoms with Crippen molar-refractivity contribution in [3.05, 3.63) is 28.8 Å². The molecule has 0 radical (unpaired) electrons. The molecule has 0 aliphatic rings. The van der Waals surface area contributed by atoms with Crippen molar-refractivity contribution in [3.63, 3.8) is 0 Å². The highest BCUT2D eigenvalue weighted by atomic mass is 35.5. The first-order valence-electron chi connectivity index (χ1n) is 3.91. The topological polar surface area (TPSA) is 46.2 Å². The minimum atomic E-state index is -2.72. The van der Waals surface area contributed by atoms with Gasteiger partial charge in [0.25, 0.3) is 6.43 Å². The molecule has 0 saturated heterocycles. The van der Waals surface area contributed by atoms with E-state index in [9.17, 15) is 8.78 Å². The number of phenols is 1. The Morgan fingerprint density at radius 1 is 1.50 bits per heavy atom. The van der Waals surface area contributed by atoms with Gasteiger partial charge in [0.2, 0.25) is 0 Å².